The van der Waals surface area contributed by atoms with Crippen molar-refractivity contribution in [2.45, 2.75) is 13.3 Å². The summed E-state index contributed by atoms with van der Waals surface area (Å²) >= 11 is 0. The molecule has 2 rings (SSSR count). The van der Waals surface area contributed by atoms with Gasteiger partial charge in [-0.05, 0) is 17.7 Å². The molecule has 0 saturated carbocycles. The maximum absolute atomic E-state index is 11.5. The number of hydrogen-bond donors (Lipinski definition) is 2. The zero-order valence-corrected chi connectivity index (χ0v) is 8.66. The van der Waals surface area contributed by atoms with Gasteiger partial charge in [-0.15, -0.1) is 0 Å². The standard InChI is InChI=1S/C11H10N2O3/c1-6(14)12-8-3-2-7-4-10(15)13-11(16)9(7)5-8/h2-3,5H,4H2,1H3,(H,12,14)(H,13,15,16). The largest absolute Gasteiger partial charge is 0.326 e. The quantitative estimate of drug-likeness (QED) is 0.672. The third-order valence-corrected chi connectivity index (χ3v) is 2.28. The smallest absolute Gasteiger partial charge is 0.258 e. The summed E-state index contributed by atoms with van der Waals surface area (Å²) in [4.78, 5) is 33.4. The number of nitrogens with one attached hydrogen (secondary N) is 2. The van der Waals surface area contributed by atoms with E-state index in [1.807, 2.05) is 0 Å². The van der Waals surface area contributed by atoms with Gasteiger partial charge in [0, 0.05) is 18.2 Å². The SMILES string of the molecule is CC(=O)Nc1ccc2c(c1)C(=O)NC(=O)C2. The zero-order valence-electron chi connectivity index (χ0n) is 8.66. The number of anilines is 1. The molecule has 0 unspecified atom stereocenters. The fourth-order valence-corrected chi connectivity index (χ4v) is 1.63. The van der Waals surface area contributed by atoms with E-state index >= 15 is 0 Å². The molecular formula is C11H10N2O3. The van der Waals surface area contributed by atoms with Gasteiger partial charge in [-0.2, -0.15) is 0 Å². The van der Waals surface area contributed by atoms with Gasteiger partial charge in [0.2, 0.25) is 11.8 Å². The van der Waals surface area contributed by atoms with Crippen LogP contribution in [0.15, 0.2) is 18.2 Å². The molecule has 16 heavy (non-hydrogen) atoms. The van der Waals surface area contributed by atoms with Crippen molar-refractivity contribution in [2.24, 2.45) is 0 Å². The molecule has 0 radical (unpaired) electrons. The monoisotopic (exact) mass is 218 g/mol. The minimum absolute atomic E-state index is 0.196. The van der Waals surface area contributed by atoms with Crippen LogP contribution in [0, 0.1) is 0 Å². The van der Waals surface area contributed by atoms with Gasteiger partial charge < -0.3 is 5.32 Å². The Morgan fingerprint density at radius 2 is 2.12 bits per heavy atom. The lowest BCUT2D eigenvalue weighted by Crippen LogP contribution is -2.37. The molecule has 5 nitrogen and oxygen atoms in total. The van der Waals surface area contributed by atoms with Crippen LogP contribution in [-0.4, -0.2) is 17.7 Å². The molecule has 0 spiro atoms. The highest BCUT2D eigenvalue weighted by Crippen LogP contribution is 2.19. The minimum Gasteiger partial charge on any atom is -0.326 e. The minimum atomic E-state index is -0.418. The van der Waals surface area contributed by atoms with Crippen LogP contribution in [0.2, 0.25) is 0 Å². The Bertz CT molecular complexity index is 494. The first-order chi connectivity index (χ1) is 7.56. The van der Waals surface area contributed by atoms with Crippen molar-refractivity contribution in [1.82, 2.24) is 5.32 Å². The van der Waals surface area contributed by atoms with E-state index in [0.717, 1.165) is 0 Å². The first kappa shape index (κ1) is 10.4. The second-order valence-corrected chi connectivity index (χ2v) is 3.61. The van der Waals surface area contributed by atoms with Crippen LogP contribution in [0.4, 0.5) is 5.69 Å². The molecule has 5 heteroatoms. The first-order valence-electron chi connectivity index (χ1n) is 4.81. The molecule has 2 N–H and O–H groups in total. The third kappa shape index (κ3) is 1.93. The first-order valence-corrected chi connectivity index (χ1v) is 4.81. The van der Waals surface area contributed by atoms with Crippen LogP contribution in [0.3, 0.4) is 0 Å². The molecule has 1 aromatic rings. The maximum atomic E-state index is 11.5. The highest BCUT2D eigenvalue weighted by molar-refractivity contribution is 6.10. The van der Waals surface area contributed by atoms with E-state index in [2.05, 4.69) is 10.6 Å². The molecule has 1 heterocycles. The van der Waals surface area contributed by atoms with Crippen LogP contribution in [0.5, 0.6) is 0 Å². The maximum Gasteiger partial charge on any atom is 0.258 e. The van der Waals surface area contributed by atoms with E-state index in [-0.39, 0.29) is 18.2 Å². The normalized spacial score (nSPS) is 14.1. The summed E-state index contributed by atoms with van der Waals surface area (Å²) < 4.78 is 0. The molecular weight excluding hydrogens is 208 g/mol. The second kappa shape index (κ2) is 3.77. The number of carbonyl (C=O) groups excluding carboxylic acids is 3. The Labute approximate surface area is 91.8 Å². The molecule has 0 bridgehead atoms. The van der Waals surface area contributed by atoms with Crippen molar-refractivity contribution in [3.05, 3.63) is 29.3 Å². The van der Waals surface area contributed by atoms with E-state index in [0.29, 0.717) is 16.8 Å². The average molecular weight is 218 g/mol. The van der Waals surface area contributed by atoms with E-state index in [9.17, 15) is 14.4 Å². The topological polar surface area (TPSA) is 75.3 Å². The van der Waals surface area contributed by atoms with Crippen molar-refractivity contribution in [2.75, 3.05) is 5.32 Å². The van der Waals surface area contributed by atoms with Gasteiger partial charge in [0.05, 0.1) is 6.42 Å². The summed E-state index contributed by atoms with van der Waals surface area (Å²) in [5, 5.41) is 4.81. The Morgan fingerprint density at radius 1 is 1.38 bits per heavy atom. The fourth-order valence-electron chi connectivity index (χ4n) is 1.63. The van der Waals surface area contributed by atoms with Crippen molar-refractivity contribution < 1.29 is 14.4 Å². The summed E-state index contributed by atoms with van der Waals surface area (Å²) in [5.74, 6) is -0.921. The van der Waals surface area contributed by atoms with Gasteiger partial charge in [-0.25, -0.2) is 0 Å². The molecule has 1 aliphatic rings. The van der Waals surface area contributed by atoms with E-state index in [1.165, 1.54) is 6.92 Å². The Balaban J connectivity index is 2.38. The van der Waals surface area contributed by atoms with Gasteiger partial charge >= 0.3 is 0 Å². The summed E-state index contributed by atoms with van der Waals surface area (Å²) in [6.07, 6.45) is 0.196. The molecule has 1 aliphatic heterocycles. The number of hydrogen-bond acceptors (Lipinski definition) is 3. The average Bonchev–Trinajstić information content (AvgIpc) is 2.18. The zero-order chi connectivity index (χ0) is 11.7. The molecule has 1 aromatic carbocycles. The third-order valence-electron chi connectivity index (χ3n) is 2.28. The predicted molar refractivity (Wildman–Crippen MR) is 56.9 cm³/mol. The summed E-state index contributed by atoms with van der Waals surface area (Å²) in [7, 11) is 0. The van der Waals surface area contributed by atoms with Gasteiger partial charge in [0.1, 0.15) is 0 Å². The van der Waals surface area contributed by atoms with Gasteiger partial charge in [0.25, 0.3) is 5.91 Å². The van der Waals surface area contributed by atoms with Crippen molar-refractivity contribution in [1.29, 1.82) is 0 Å². The number of fused-ring (bicyclic) bond motifs is 1. The van der Waals surface area contributed by atoms with Gasteiger partial charge in [-0.1, -0.05) is 6.07 Å². The van der Waals surface area contributed by atoms with Crippen molar-refractivity contribution in [3.8, 4) is 0 Å². The van der Waals surface area contributed by atoms with Crippen molar-refractivity contribution in [3.63, 3.8) is 0 Å². The van der Waals surface area contributed by atoms with Crippen LogP contribution < -0.4 is 10.6 Å². The molecule has 0 fully saturated rings. The summed E-state index contributed by atoms with van der Waals surface area (Å²) in [6, 6.07) is 4.92. The Morgan fingerprint density at radius 3 is 2.81 bits per heavy atom. The molecule has 3 amide bonds. The molecule has 0 aromatic heterocycles. The van der Waals surface area contributed by atoms with Crippen LogP contribution >= 0.6 is 0 Å². The molecule has 82 valence electrons. The number of benzene rings is 1. The van der Waals surface area contributed by atoms with Crippen LogP contribution in [0.1, 0.15) is 22.8 Å². The number of imide groups is 1. The number of rotatable bonds is 1. The predicted octanol–water partition coefficient (Wildman–Crippen LogP) is 0.457. The fraction of sp³-hybridized carbons (Fsp3) is 0.182. The summed E-state index contributed by atoms with van der Waals surface area (Å²) in [5.41, 5.74) is 1.67. The number of amides is 3. The second-order valence-electron chi connectivity index (χ2n) is 3.61. The Kier molecular flexibility index (Phi) is 2.44. The lowest BCUT2D eigenvalue weighted by atomic mass is 9.99. The lowest BCUT2D eigenvalue weighted by Gasteiger charge is -2.16. The highest BCUT2D eigenvalue weighted by Gasteiger charge is 2.22. The lowest BCUT2D eigenvalue weighted by molar-refractivity contribution is -0.119. The van der Waals surface area contributed by atoms with Crippen molar-refractivity contribution >= 4 is 23.4 Å². The molecule has 0 aliphatic carbocycles. The number of carbonyl (C=O) groups is 3. The van der Waals surface area contributed by atoms with Gasteiger partial charge in [-0.3, -0.25) is 19.7 Å². The van der Waals surface area contributed by atoms with Crippen LogP contribution in [0.25, 0.3) is 0 Å². The summed E-state index contributed by atoms with van der Waals surface area (Å²) in [6.45, 7) is 1.39. The molecule has 0 saturated heterocycles. The van der Waals surface area contributed by atoms with E-state index < -0.39 is 5.91 Å². The Hall–Kier alpha value is -2.17. The van der Waals surface area contributed by atoms with Gasteiger partial charge in [0.15, 0.2) is 0 Å². The molecule has 0 atom stereocenters. The van der Waals surface area contributed by atoms with Crippen LogP contribution in [-0.2, 0) is 16.0 Å². The highest BCUT2D eigenvalue weighted by atomic mass is 16.2. The van der Waals surface area contributed by atoms with E-state index in [4.69, 9.17) is 0 Å². The van der Waals surface area contributed by atoms with E-state index in [1.54, 1.807) is 18.2 Å².